The lowest BCUT2D eigenvalue weighted by Crippen LogP contribution is -2.24. The summed E-state index contributed by atoms with van der Waals surface area (Å²) in [5.74, 6) is -0.387. The van der Waals surface area contributed by atoms with E-state index in [4.69, 9.17) is 17.3 Å². The molecule has 3 rings (SSSR count). The first-order valence-corrected chi connectivity index (χ1v) is 7.82. The summed E-state index contributed by atoms with van der Waals surface area (Å²) in [5.41, 5.74) is 7.44. The fourth-order valence-corrected chi connectivity index (χ4v) is 2.42. The number of amides is 1. The Kier molecular flexibility index (Phi) is 4.90. The van der Waals surface area contributed by atoms with Crippen LogP contribution in [-0.2, 0) is 6.54 Å². The van der Waals surface area contributed by atoms with Gasteiger partial charge in [-0.2, -0.15) is 0 Å². The van der Waals surface area contributed by atoms with Gasteiger partial charge in [-0.05, 0) is 35.9 Å². The highest BCUT2D eigenvalue weighted by Gasteiger charge is 2.13. The number of anilines is 1. The topological polar surface area (TPSA) is 80.9 Å². The van der Waals surface area contributed by atoms with Crippen molar-refractivity contribution in [2.75, 3.05) is 5.73 Å². The van der Waals surface area contributed by atoms with Gasteiger partial charge in [-0.1, -0.05) is 29.8 Å². The van der Waals surface area contributed by atoms with E-state index in [9.17, 15) is 9.18 Å². The Hall–Kier alpha value is -2.99. The van der Waals surface area contributed by atoms with Gasteiger partial charge >= 0.3 is 0 Å². The molecule has 0 aliphatic carbocycles. The minimum absolute atomic E-state index is 0.0472. The SMILES string of the molecule is Nc1nc(-c2ccc(F)cc2)ncc1C(=O)NCc1ccccc1Cl. The van der Waals surface area contributed by atoms with E-state index in [2.05, 4.69) is 15.3 Å². The fourth-order valence-electron chi connectivity index (χ4n) is 2.22. The summed E-state index contributed by atoms with van der Waals surface area (Å²) < 4.78 is 13.0. The van der Waals surface area contributed by atoms with Crippen LogP contribution >= 0.6 is 11.6 Å². The van der Waals surface area contributed by atoms with E-state index in [0.29, 0.717) is 16.4 Å². The molecule has 0 spiro atoms. The molecule has 3 aromatic rings. The van der Waals surface area contributed by atoms with Crippen molar-refractivity contribution in [1.82, 2.24) is 15.3 Å². The van der Waals surface area contributed by atoms with Crippen molar-refractivity contribution in [2.24, 2.45) is 0 Å². The molecule has 25 heavy (non-hydrogen) atoms. The van der Waals surface area contributed by atoms with Gasteiger partial charge in [-0.15, -0.1) is 0 Å². The van der Waals surface area contributed by atoms with Crippen LogP contribution in [0.4, 0.5) is 10.2 Å². The highest BCUT2D eigenvalue weighted by molar-refractivity contribution is 6.31. The maximum atomic E-state index is 13.0. The quantitative estimate of drug-likeness (QED) is 0.750. The molecule has 0 fully saturated rings. The number of hydrogen-bond donors (Lipinski definition) is 2. The molecular formula is C18H14ClFN4O. The van der Waals surface area contributed by atoms with Gasteiger partial charge < -0.3 is 11.1 Å². The Morgan fingerprint density at radius 3 is 2.56 bits per heavy atom. The lowest BCUT2D eigenvalue weighted by atomic mass is 10.2. The van der Waals surface area contributed by atoms with Gasteiger partial charge in [0.2, 0.25) is 0 Å². The van der Waals surface area contributed by atoms with E-state index in [0.717, 1.165) is 5.56 Å². The molecule has 0 aliphatic rings. The number of benzene rings is 2. The van der Waals surface area contributed by atoms with Crippen LogP contribution in [0, 0.1) is 5.82 Å². The van der Waals surface area contributed by atoms with Crippen LogP contribution in [0.15, 0.2) is 54.7 Å². The Bertz CT molecular complexity index is 915. The van der Waals surface area contributed by atoms with Gasteiger partial charge in [0, 0.05) is 23.3 Å². The van der Waals surface area contributed by atoms with E-state index in [1.807, 2.05) is 18.2 Å². The number of nitrogen functional groups attached to an aromatic ring is 1. The van der Waals surface area contributed by atoms with Crippen LogP contribution in [0.2, 0.25) is 5.02 Å². The lowest BCUT2D eigenvalue weighted by molar-refractivity contribution is 0.0951. The minimum atomic E-state index is -0.400. The van der Waals surface area contributed by atoms with Crippen molar-refractivity contribution >= 4 is 23.3 Å². The average Bonchev–Trinajstić information content (AvgIpc) is 2.61. The molecule has 0 unspecified atom stereocenters. The number of nitrogens with two attached hydrogens (primary N) is 1. The molecule has 1 heterocycles. The molecule has 0 saturated heterocycles. The summed E-state index contributed by atoms with van der Waals surface area (Å²) in [5, 5.41) is 3.30. The first kappa shape index (κ1) is 16.9. The van der Waals surface area contributed by atoms with E-state index in [1.54, 1.807) is 18.2 Å². The average molecular weight is 357 g/mol. The smallest absolute Gasteiger partial charge is 0.256 e. The Balaban J connectivity index is 1.75. The number of nitrogens with zero attached hydrogens (tertiary/aromatic N) is 2. The number of nitrogens with one attached hydrogen (secondary N) is 1. The Morgan fingerprint density at radius 2 is 1.88 bits per heavy atom. The second kappa shape index (κ2) is 7.27. The molecule has 2 aromatic carbocycles. The first-order valence-electron chi connectivity index (χ1n) is 7.44. The Labute approximate surface area is 148 Å². The minimum Gasteiger partial charge on any atom is -0.383 e. The van der Waals surface area contributed by atoms with Crippen LogP contribution < -0.4 is 11.1 Å². The molecule has 7 heteroatoms. The van der Waals surface area contributed by atoms with Gasteiger partial charge in [0.25, 0.3) is 5.91 Å². The molecular weight excluding hydrogens is 343 g/mol. The maximum Gasteiger partial charge on any atom is 0.256 e. The molecule has 0 aliphatic heterocycles. The van der Waals surface area contributed by atoms with Crippen LogP contribution in [0.3, 0.4) is 0 Å². The van der Waals surface area contributed by atoms with Crippen molar-refractivity contribution in [1.29, 1.82) is 0 Å². The second-order valence-electron chi connectivity index (χ2n) is 5.27. The number of rotatable bonds is 4. The standard InChI is InChI=1S/C18H14ClFN4O/c19-15-4-2-1-3-12(15)9-23-18(25)14-10-22-17(24-16(14)21)11-5-7-13(20)8-6-11/h1-8,10H,9H2,(H,23,25)(H2,21,22,24). The normalized spacial score (nSPS) is 10.5. The molecule has 1 aromatic heterocycles. The molecule has 0 saturated carbocycles. The molecule has 0 bridgehead atoms. The van der Waals surface area contributed by atoms with Gasteiger partial charge in [0.1, 0.15) is 11.6 Å². The van der Waals surface area contributed by atoms with Gasteiger partial charge in [0.05, 0.1) is 5.56 Å². The van der Waals surface area contributed by atoms with Crippen molar-refractivity contribution in [3.63, 3.8) is 0 Å². The summed E-state index contributed by atoms with van der Waals surface area (Å²) in [4.78, 5) is 20.5. The molecule has 0 radical (unpaired) electrons. The fraction of sp³-hybridized carbons (Fsp3) is 0.0556. The molecule has 126 valence electrons. The Morgan fingerprint density at radius 1 is 1.16 bits per heavy atom. The molecule has 3 N–H and O–H groups in total. The maximum absolute atomic E-state index is 13.0. The van der Waals surface area contributed by atoms with Crippen LogP contribution in [0.1, 0.15) is 15.9 Å². The van der Waals surface area contributed by atoms with E-state index < -0.39 is 5.91 Å². The number of hydrogen-bond acceptors (Lipinski definition) is 4. The van der Waals surface area contributed by atoms with Crippen LogP contribution in [0.25, 0.3) is 11.4 Å². The van der Waals surface area contributed by atoms with Crippen LogP contribution in [0.5, 0.6) is 0 Å². The van der Waals surface area contributed by atoms with Gasteiger partial charge in [-0.25, -0.2) is 14.4 Å². The monoisotopic (exact) mass is 356 g/mol. The molecule has 5 nitrogen and oxygen atoms in total. The van der Waals surface area contributed by atoms with Gasteiger partial charge in [-0.3, -0.25) is 4.79 Å². The van der Waals surface area contributed by atoms with Crippen molar-refractivity contribution in [3.05, 3.63) is 76.7 Å². The number of halogens is 2. The zero-order valence-corrected chi connectivity index (χ0v) is 13.8. The third-order valence-electron chi connectivity index (χ3n) is 3.56. The number of aromatic nitrogens is 2. The summed E-state index contributed by atoms with van der Waals surface area (Å²) >= 11 is 6.06. The highest BCUT2D eigenvalue weighted by Crippen LogP contribution is 2.19. The van der Waals surface area contributed by atoms with Crippen LogP contribution in [-0.4, -0.2) is 15.9 Å². The largest absolute Gasteiger partial charge is 0.383 e. The highest BCUT2D eigenvalue weighted by atomic mass is 35.5. The van der Waals surface area contributed by atoms with E-state index in [1.165, 1.54) is 18.3 Å². The first-order chi connectivity index (χ1) is 12.0. The summed E-state index contributed by atoms with van der Waals surface area (Å²) in [6, 6.07) is 12.9. The van der Waals surface area contributed by atoms with Crippen molar-refractivity contribution < 1.29 is 9.18 Å². The predicted molar refractivity (Wildman–Crippen MR) is 94.5 cm³/mol. The summed E-state index contributed by atoms with van der Waals surface area (Å²) in [7, 11) is 0. The number of carbonyl (C=O) groups excluding carboxylic acids is 1. The van der Waals surface area contributed by atoms with Gasteiger partial charge in [0.15, 0.2) is 5.82 Å². The predicted octanol–water partition coefficient (Wildman–Crippen LogP) is 3.45. The van der Waals surface area contributed by atoms with Crippen molar-refractivity contribution in [2.45, 2.75) is 6.54 Å². The lowest BCUT2D eigenvalue weighted by Gasteiger charge is -2.09. The summed E-state index contributed by atoms with van der Waals surface area (Å²) in [6.07, 6.45) is 1.35. The third kappa shape index (κ3) is 3.92. The third-order valence-corrected chi connectivity index (χ3v) is 3.93. The number of carbonyl (C=O) groups is 1. The molecule has 0 atom stereocenters. The van der Waals surface area contributed by atoms with Crippen molar-refractivity contribution in [3.8, 4) is 11.4 Å². The van der Waals surface area contributed by atoms with E-state index >= 15 is 0 Å². The molecule has 1 amide bonds. The second-order valence-corrected chi connectivity index (χ2v) is 5.68. The zero-order chi connectivity index (χ0) is 17.8. The zero-order valence-electron chi connectivity index (χ0n) is 13.0. The summed E-state index contributed by atoms with van der Waals surface area (Å²) in [6.45, 7) is 0.262. The van der Waals surface area contributed by atoms with E-state index in [-0.39, 0.29) is 23.7 Å².